The van der Waals surface area contributed by atoms with Gasteiger partial charge in [-0.15, -0.1) is 13.2 Å². The molecule has 3 aromatic rings. The van der Waals surface area contributed by atoms with Crippen LogP contribution in [0, 0.1) is 0 Å². The Morgan fingerprint density at radius 2 is 1.70 bits per heavy atom. The van der Waals surface area contributed by atoms with Gasteiger partial charge in [0.2, 0.25) is 11.8 Å². The minimum absolute atomic E-state index is 0.0256. The van der Waals surface area contributed by atoms with Crippen molar-refractivity contribution in [2.75, 3.05) is 26.7 Å². The molecule has 1 saturated heterocycles. The second kappa shape index (κ2) is 12.9. The maximum absolute atomic E-state index is 12.7. The fourth-order valence-corrected chi connectivity index (χ4v) is 4.96. The third kappa shape index (κ3) is 7.75. The molecule has 0 aromatic heterocycles. The molecule has 3 aromatic carbocycles. The van der Waals surface area contributed by atoms with Crippen LogP contribution in [-0.2, 0) is 16.1 Å². The molecule has 1 fully saturated rings. The van der Waals surface area contributed by atoms with Crippen molar-refractivity contribution in [3.8, 4) is 22.6 Å². The van der Waals surface area contributed by atoms with Crippen LogP contribution in [0.2, 0.25) is 0 Å². The predicted molar refractivity (Wildman–Crippen MR) is 145 cm³/mol. The first-order valence-electron chi connectivity index (χ1n) is 13.0. The van der Waals surface area contributed by atoms with Gasteiger partial charge in [-0.2, -0.15) is 0 Å². The molecule has 0 saturated carbocycles. The van der Waals surface area contributed by atoms with Gasteiger partial charge in [0, 0.05) is 44.1 Å². The van der Waals surface area contributed by atoms with E-state index >= 15 is 0 Å². The standard InChI is InChI=1S/C30H32F3N3O4/c1-20(37)34-18-29(38)36-15-14-27(26(19-36)22-6-4-3-5-7-22)35-17-24-16-23(10-13-28(24)39-2)21-8-11-25(12-9-21)40-30(31,32)33/h3-13,16,26-27,35H,14-15,17-19H2,1-2H3,(H,34,37)/t26-,27-/m0/s1. The number of carbonyl (C=O) groups is 2. The fraction of sp³-hybridized carbons (Fsp3) is 0.333. The molecule has 2 atom stereocenters. The number of likely N-dealkylation sites (tertiary alicyclic amines) is 1. The molecular formula is C30H32F3N3O4. The zero-order valence-corrected chi connectivity index (χ0v) is 22.3. The lowest BCUT2D eigenvalue weighted by atomic mass is 9.85. The molecule has 2 amide bonds. The topological polar surface area (TPSA) is 79.9 Å². The van der Waals surface area contributed by atoms with Crippen LogP contribution in [-0.4, -0.2) is 55.9 Å². The van der Waals surface area contributed by atoms with Crippen LogP contribution in [0.4, 0.5) is 13.2 Å². The van der Waals surface area contributed by atoms with Crippen LogP contribution in [0.25, 0.3) is 11.1 Å². The van der Waals surface area contributed by atoms with Gasteiger partial charge in [0.25, 0.3) is 0 Å². The first-order chi connectivity index (χ1) is 19.1. The van der Waals surface area contributed by atoms with E-state index in [2.05, 4.69) is 27.5 Å². The lowest BCUT2D eigenvalue weighted by Crippen LogP contribution is -2.51. The lowest BCUT2D eigenvalue weighted by Gasteiger charge is -2.39. The number of nitrogens with zero attached hydrogens (tertiary/aromatic N) is 1. The number of rotatable bonds is 9. The van der Waals surface area contributed by atoms with Crippen molar-refractivity contribution in [1.29, 1.82) is 0 Å². The van der Waals surface area contributed by atoms with Gasteiger partial charge in [0.05, 0.1) is 13.7 Å². The van der Waals surface area contributed by atoms with Crippen molar-refractivity contribution in [1.82, 2.24) is 15.5 Å². The van der Waals surface area contributed by atoms with Gasteiger partial charge in [0.15, 0.2) is 0 Å². The second-order valence-electron chi connectivity index (χ2n) is 9.64. The lowest BCUT2D eigenvalue weighted by molar-refractivity contribution is -0.274. The Morgan fingerprint density at radius 1 is 1.00 bits per heavy atom. The van der Waals surface area contributed by atoms with Crippen LogP contribution >= 0.6 is 0 Å². The van der Waals surface area contributed by atoms with E-state index in [0.717, 1.165) is 22.3 Å². The van der Waals surface area contributed by atoms with Gasteiger partial charge < -0.3 is 25.0 Å². The van der Waals surface area contributed by atoms with E-state index in [9.17, 15) is 22.8 Å². The molecular weight excluding hydrogens is 523 g/mol. The second-order valence-corrected chi connectivity index (χ2v) is 9.64. The third-order valence-corrected chi connectivity index (χ3v) is 6.94. The average molecular weight is 556 g/mol. The SMILES string of the molecule is COc1ccc(-c2ccc(OC(F)(F)F)cc2)cc1CN[C@H]1CCN(C(=O)CNC(C)=O)C[C@H]1c1ccccc1. The predicted octanol–water partition coefficient (Wildman–Crippen LogP) is 4.87. The van der Waals surface area contributed by atoms with Crippen LogP contribution < -0.4 is 20.1 Å². The maximum atomic E-state index is 12.7. The van der Waals surface area contributed by atoms with E-state index in [1.807, 2.05) is 36.4 Å². The number of carbonyl (C=O) groups excluding carboxylic acids is 2. The molecule has 40 heavy (non-hydrogen) atoms. The summed E-state index contributed by atoms with van der Waals surface area (Å²) >= 11 is 0. The van der Waals surface area contributed by atoms with E-state index in [4.69, 9.17) is 4.74 Å². The zero-order valence-electron chi connectivity index (χ0n) is 22.3. The monoisotopic (exact) mass is 555 g/mol. The normalized spacial score (nSPS) is 17.3. The summed E-state index contributed by atoms with van der Waals surface area (Å²) in [5.41, 5.74) is 3.58. The Kier molecular flexibility index (Phi) is 9.31. The summed E-state index contributed by atoms with van der Waals surface area (Å²) in [5, 5.41) is 6.23. The molecule has 0 spiro atoms. The van der Waals surface area contributed by atoms with E-state index in [0.29, 0.717) is 31.8 Å². The van der Waals surface area contributed by atoms with Crippen molar-refractivity contribution in [2.45, 2.75) is 38.2 Å². The first-order valence-corrected chi connectivity index (χ1v) is 13.0. The molecule has 7 nitrogen and oxygen atoms in total. The number of benzene rings is 3. The van der Waals surface area contributed by atoms with Gasteiger partial charge in [0.1, 0.15) is 11.5 Å². The summed E-state index contributed by atoms with van der Waals surface area (Å²) in [6.45, 7) is 2.92. The highest BCUT2D eigenvalue weighted by Gasteiger charge is 2.33. The van der Waals surface area contributed by atoms with Crippen molar-refractivity contribution >= 4 is 11.8 Å². The van der Waals surface area contributed by atoms with Crippen molar-refractivity contribution in [3.63, 3.8) is 0 Å². The zero-order chi connectivity index (χ0) is 28.7. The van der Waals surface area contributed by atoms with E-state index in [-0.39, 0.29) is 36.1 Å². The number of nitrogens with one attached hydrogen (secondary N) is 2. The van der Waals surface area contributed by atoms with Gasteiger partial charge in [-0.05, 0) is 47.4 Å². The van der Waals surface area contributed by atoms with Crippen molar-refractivity contribution in [3.05, 3.63) is 83.9 Å². The Labute approximate surface area is 231 Å². The summed E-state index contributed by atoms with van der Waals surface area (Å²) in [6, 6.07) is 21.5. The van der Waals surface area contributed by atoms with Gasteiger partial charge in [-0.3, -0.25) is 9.59 Å². The fourth-order valence-electron chi connectivity index (χ4n) is 4.96. The van der Waals surface area contributed by atoms with E-state index in [1.165, 1.54) is 19.1 Å². The minimum atomic E-state index is -4.74. The average Bonchev–Trinajstić information content (AvgIpc) is 2.94. The summed E-state index contributed by atoms with van der Waals surface area (Å²) in [6.07, 6.45) is -4.03. The quantitative estimate of drug-likeness (QED) is 0.394. The summed E-state index contributed by atoms with van der Waals surface area (Å²) in [4.78, 5) is 25.8. The Hall–Kier alpha value is -4.05. The molecule has 4 rings (SSSR count). The van der Waals surface area contributed by atoms with Gasteiger partial charge >= 0.3 is 6.36 Å². The minimum Gasteiger partial charge on any atom is -0.496 e. The molecule has 0 unspecified atom stereocenters. The molecule has 10 heteroatoms. The third-order valence-electron chi connectivity index (χ3n) is 6.94. The first kappa shape index (κ1) is 28.9. The Balaban J connectivity index is 1.49. The number of hydrogen-bond acceptors (Lipinski definition) is 5. The van der Waals surface area contributed by atoms with E-state index in [1.54, 1.807) is 24.1 Å². The van der Waals surface area contributed by atoms with Crippen LogP contribution in [0.15, 0.2) is 72.8 Å². The number of methoxy groups -OCH3 is 1. The molecule has 0 bridgehead atoms. The number of piperidine rings is 1. The highest BCUT2D eigenvalue weighted by molar-refractivity contribution is 5.83. The highest BCUT2D eigenvalue weighted by Crippen LogP contribution is 2.31. The molecule has 1 aliphatic rings. The Bertz CT molecular complexity index is 1300. The molecule has 0 aliphatic carbocycles. The summed E-state index contributed by atoms with van der Waals surface area (Å²) < 4.78 is 47.1. The number of alkyl halides is 3. The number of hydrogen-bond donors (Lipinski definition) is 2. The van der Waals surface area contributed by atoms with Crippen LogP contribution in [0.5, 0.6) is 11.5 Å². The maximum Gasteiger partial charge on any atom is 0.573 e. The largest absolute Gasteiger partial charge is 0.573 e. The number of amides is 2. The smallest absolute Gasteiger partial charge is 0.496 e. The molecule has 1 heterocycles. The van der Waals surface area contributed by atoms with Crippen LogP contribution in [0.3, 0.4) is 0 Å². The molecule has 0 radical (unpaired) electrons. The molecule has 212 valence electrons. The van der Waals surface area contributed by atoms with Crippen molar-refractivity contribution < 1.29 is 32.2 Å². The van der Waals surface area contributed by atoms with Gasteiger partial charge in [-0.1, -0.05) is 48.5 Å². The highest BCUT2D eigenvalue weighted by atomic mass is 19.4. The van der Waals surface area contributed by atoms with E-state index < -0.39 is 6.36 Å². The number of ether oxygens (including phenoxy) is 2. The molecule has 2 N–H and O–H groups in total. The summed E-state index contributed by atoms with van der Waals surface area (Å²) in [5.74, 6) is 0.0846. The Morgan fingerprint density at radius 3 is 2.35 bits per heavy atom. The summed E-state index contributed by atoms with van der Waals surface area (Å²) in [7, 11) is 1.59. The van der Waals surface area contributed by atoms with Crippen molar-refractivity contribution in [2.24, 2.45) is 0 Å². The number of halogens is 3. The van der Waals surface area contributed by atoms with Gasteiger partial charge in [-0.25, -0.2) is 0 Å². The van der Waals surface area contributed by atoms with Crippen LogP contribution in [0.1, 0.15) is 30.4 Å². The molecule has 1 aliphatic heterocycles.